The highest BCUT2D eigenvalue weighted by atomic mass is 16.5. The normalized spacial score (nSPS) is 13.1. The van der Waals surface area contributed by atoms with Crippen molar-refractivity contribution in [1.82, 2.24) is 5.32 Å². The Bertz CT molecular complexity index is 742. The van der Waals surface area contributed by atoms with Crippen LogP contribution in [0.25, 0.3) is 10.8 Å². The van der Waals surface area contributed by atoms with Crippen LogP contribution in [0.5, 0.6) is 0 Å². The molecule has 2 aromatic rings. The quantitative estimate of drug-likeness (QED) is 0.602. The minimum Gasteiger partial charge on any atom is -0.467 e. The Morgan fingerprint density at radius 2 is 1.96 bits per heavy atom. The van der Waals surface area contributed by atoms with Crippen molar-refractivity contribution in [3.8, 4) is 0 Å². The molecule has 0 bridgehead atoms. The molecule has 1 amide bonds. The summed E-state index contributed by atoms with van der Waals surface area (Å²) in [5, 5.41) is 4.86. The summed E-state index contributed by atoms with van der Waals surface area (Å²) < 4.78 is 4.80. The van der Waals surface area contributed by atoms with Crippen LogP contribution >= 0.6 is 0 Å². The number of carbonyl (C=O) groups is 2. The smallest absolute Gasteiger partial charge is 0.328 e. The van der Waals surface area contributed by atoms with Gasteiger partial charge < -0.3 is 15.8 Å². The molecule has 5 nitrogen and oxygen atoms in total. The predicted octanol–water partition coefficient (Wildman–Crippen LogP) is 1.94. The van der Waals surface area contributed by atoms with Crippen molar-refractivity contribution >= 4 is 22.6 Å². The summed E-state index contributed by atoms with van der Waals surface area (Å²) in [5.74, 6) is -0.895. The van der Waals surface area contributed by atoms with Gasteiger partial charge in [0.05, 0.1) is 13.2 Å². The minimum atomic E-state index is -0.778. The van der Waals surface area contributed by atoms with Crippen molar-refractivity contribution in [2.45, 2.75) is 24.9 Å². The number of esters is 1. The SMILES string of the molecule is C=CCC(N)C(=O)N[C@@H](Cc1ccc2ccccc2c1)C(=O)OC. The Morgan fingerprint density at radius 3 is 2.62 bits per heavy atom. The highest BCUT2D eigenvalue weighted by Crippen LogP contribution is 2.17. The van der Waals surface area contributed by atoms with Gasteiger partial charge >= 0.3 is 5.97 Å². The van der Waals surface area contributed by atoms with E-state index in [4.69, 9.17) is 10.5 Å². The van der Waals surface area contributed by atoms with Crippen LogP contribution in [0.1, 0.15) is 12.0 Å². The molecule has 24 heavy (non-hydrogen) atoms. The molecule has 2 rings (SSSR count). The second-order valence-electron chi connectivity index (χ2n) is 5.60. The Kier molecular flexibility index (Phi) is 6.09. The zero-order chi connectivity index (χ0) is 17.5. The van der Waals surface area contributed by atoms with Crippen molar-refractivity contribution in [2.24, 2.45) is 5.73 Å². The van der Waals surface area contributed by atoms with Gasteiger partial charge in [-0.05, 0) is 22.8 Å². The lowest BCUT2D eigenvalue weighted by Gasteiger charge is -2.19. The first-order chi connectivity index (χ1) is 11.5. The maximum atomic E-state index is 12.1. The van der Waals surface area contributed by atoms with Crippen molar-refractivity contribution in [3.05, 3.63) is 60.7 Å². The number of ether oxygens (including phenoxy) is 1. The van der Waals surface area contributed by atoms with E-state index >= 15 is 0 Å². The molecule has 1 unspecified atom stereocenters. The van der Waals surface area contributed by atoms with Gasteiger partial charge in [0.2, 0.25) is 5.91 Å². The van der Waals surface area contributed by atoms with Gasteiger partial charge in [-0.3, -0.25) is 4.79 Å². The molecule has 0 saturated carbocycles. The van der Waals surface area contributed by atoms with Crippen LogP contribution in [0, 0.1) is 0 Å². The first-order valence-electron chi connectivity index (χ1n) is 7.77. The molecule has 0 aliphatic heterocycles. The summed E-state index contributed by atoms with van der Waals surface area (Å²) in [6.45, 7) is 3.56. The van der Waals surface area contributed by atoms with Crippen LogP contribution in [-0.4, -0.2) is 31.1 Å². The molecule has 0 spiro atoms. The minimum absolute atomic E-state index is 0.337. The highest BCUT2D eigenvalue weighted by molar-refractivity contribution is 5.88. The maximum Gasteiger partial charge on any atom is 0.328 e. The summed E-state index contributed by atoms with van der Waals surface area (Å²) in [6.07, 6.45) is 2.25. The van der Waals surface area contributed by atoms with Crippen LogP contribution in [0.2, 0.25) is 0 Å². The van der Waals surface area contributed by atoms with Crippen LogP contribution in [-0.2, 0) is 20.7 Å². The van der Waals surface area contributed by atoms with Gasteiger partial charge in [0.25, 0.3) is 0 Å². The summed E-state index contributed by atoms with van der Waals surface area (Å²) in [5.41, 5.74) is 6.68. The largest absolute Gasteiger partial charge is 0.467 e. The van der Waals surface area contributed by atoms with Crippen molar-refractivity contribution < 1.29 is 14.3 Å². The van der Waals surface area contributed by atoms with Gasteiger partial charge in [-0.25, -0.2) is 4.79 Å². The van der Waals surface area contributed by atoms with E-state index in [9.17, 15) is 9.59 Å². The molecule has 0 aliphatic carbocycles. The number of methoxy groups -OCH3 is 1. The molecule has 0 fully saturated rings. The highest BCUT2D eigenvalue weighted by Gasteiger charge is 2.24. The fourth-order valence-corrected chi connectivity index (χ4v) is 2.50. The molecule has 0 radical (unpaired) electrons. The van der Waals surface area contributed by atoms with E-state index in [0.29, 0.717) is 12.8 Å². The van der Waals surface area contributed by atoms with E-state index in [1.54, 1.807) is 6.08 Å². The van der Waals surface area contributed by atoms with E-state index in [-0.39, 0.29) is 0 Å². The molecular weight excluding hydrogens is 304 g/mol. The lowest BCUT2D eigenvalue weighted by atomic mass is 10.0. The average molecular weight is 326 g/mol. The molecule has 2 atom stereocenters. The van der Waals surface area contributed by atoms with Crippen LogP contribution < -0.4 is 11.1 Å². The Labute approximate surface area is 141 Å². The van der Waals surface area contributed by atoms with Crippen LogP contribution in [0.4, 0.5) is 0 Å². The fraction of sp³-hybridized carbons (Fsp3) is 0.263. The molecule has 0 saturated heterocycles. The lowest BCUT2D eigenvalue weighted by molar-refractivity contribution is -0.145. The second-order valence-corrected chi connectivity index (χ2v) is 5.60. The molecule has 126 valence electrons. The molecule has 2 aromatic carbocycles. The standard InChI is InChI=1S/C19H22N2O3/c1-3-6-16(20)18(22)21-17(19(23)24-2)12-13-9-10-14-7-4-5-8-15(14)11-13/h3-5,7-11,16-17H,1,6,12,20H2,2H3,(H,21,22)/t16?,17-/m0/s1. The number of nitrogens with one attached hydrogen (secondary N) is 1. The van der Waals surface area contributed by atoms with Crippen LogP contribution in [0.3, 0.4) is 0 Å². The first kappa shape index (κ1) is 17.7. The molecule has 0 aliphatic rings. The van der Waals surface area contributed by atoms with Crippen molar-refractivity contribution in [3.63, 3.8) is 0 Å². The number of hydrogen-bond acceptors (Lipinski definition) is 4. The summed E-state index contributed by atoms with van der Waals surface area (Å²) in [4.78, 5) is 24.1. The molecular formula is C19H22N2O3. The van der Waals surface area contributed by atoms with E-state index < -0.39 is 24.0 Å². The van der Waals surface area contributed by atoms with Crippen LogP contribution in [0.15, 0.2) is 55.1 Å². The van der Waals surface area contributed by atoms with Gasteiger partial charge in [0.15, 0.2) is 0 Å². The number of amides is 1. The number of benzene rings is 2. The molecule has 0 heterocycles. The van der Waals surface area contributed by atoms with Gasteiger partial charge in [0, 0.05) is 6.42 Å². The molecule has 5 heteroatoms. The lowest BCUT2D eigenvalue weighted by Crippen LogP contribution is -2.49. The number of hydrogen-bond donors (Lipinski definition) is 2. The average Bonchev–Trinajstić information content (AvgIpc) is 2.60. The fourth-order valence-electron chi connectivity index (χ4n) is 2.50. The second kappa shape index (κ2) is 8.26. The monoisotopic (exact) mass is 326 g/mol. The zero-order valence-corrected chi connectivity index (χ0v) is 13.7. The number of fused-ring (bicyclic) bond motifs is 1. The number of rotatable bonds is 7. The van der Waals surface area contributed by atoms with Gasteiger partial charge in [-0.1, -0.05) is 48.5 Å². The van der Waals surface area contributed by atoms with E-state index in [1.807, 2.05) is 42.5 Å². The van der Waals surface area contributed by atoms with E-state index in [0.717, 1.165) is 16.3 Å². The number of nitrogens with two attached hydrogens (primary N) is 1. The van der Waals surface area contributed by atoms with Crippen molar-refractivity contribution in [2.75, 3.05) is 7.11 Å². The summed E-state index contributed by atoms with van der Waals surface area (Å²) in [7, 11) is 1.30. The van der Waals surface area contributed by atoms with Gasteiger partial charge in [0.1, 0.15) is 6.04 Å². The number of carbonyl (C=O) groups excluding carboxylic acids is 2. The third-order valence-corrected chi connectivity index (χ3v) is 3.81. The first-order valence-corrected chi connectivity index (χ1v) is 7.77. The molecule has 0 aromatic heterocycles. The Hall–Kier alpha value is -2.66. The third-order valence-electron chi connectivity index (χ3n) is 3.81. The van der Waals surface area contributed by atoms with Gasteiger partial charge in [-0.15, -0.1) is 6.58 Å². The third kappa shape index (κ3) is 4.43. The van der Waals surface area contributed by atoms with E-state index in [1.165, 1.54) is 7.11 Å². The summed E-state index contributed by atoms with van der Waals surface area (Å²) in [6, 6.07) is 12.4. The Morgan fingerprint density at radius 1 is 1.25 bits per heavy atom. The maximum absolute atomic E-state index is 12.1. The zero-order valence-electron chi connectivity index (χ0n) is 13.7. The van der Waals surface area contributed by atoms with Gasteiger partial charge in [-0.2, -0.15) is 0 Å². The Balaban J connectivity index is 2.16. The van der Waals surface area contributed by atoms with E-state index in [2.05, 4.69) is 11.9 Å². The predicted molar refractivity (Wildman–Crippen MR) is 94.4 cm³/mol. The van der Waals surface area contributed by atoms with Crippen molar-refractivity contribution in [1.29, 1.82) is 0 Å². The molecule has 3 N–H and O–H groups in total. The topological polar surface area (TPSA) is 81.4 Å². The summed E-state index contributed by atoms with van der Waals surface area (Å²) >= 11 is 0.